The Morgan fingerprint density at radius 3 is 2.39 bits per heavy atom. The summed E-state index contributed by atoms with van der Waals surface area (Å²) in [6.45, 7) is 1.08. The number of halogens is 3. The van der Waals surface area contributed by atoms with Crippen LogP contribution >= 0.6 is 0 Å². The molecule has 0 bridgehead atoms. The molecule has 10 nitrogen and oxygen atoms in total. The first kappa shape index (κ1) is 28.2. The number of hydrogen-bond acceptors (Lipinski definition) is 9. The van der Waals surface area contributed by atoms with Crippen LogP contribution in [0.2, 0.25) is 0 Å². The summed E-state index contributed by atoms with van der Waals surface area (Å²) in [4.78, 5) is 30.3. The van der Waals surface area contributed by atoms with Gasteiger partial charge in [-0.1, -0.05) is 64.9 Å². The van der Waals surface area contributed by atoms with Crippen molar-refractivity contribution in [1.29, 1.82) is 0 Å². The first-order chi connectivity index (χ1) is 19.7. The van der Waals surface area contributed by atoms with Crippen molar-refractivity contribution in [2.24, 2.45) is 0 Å². The number of nitrogens with zero attached hydrogens (tertiary/aromatic N) is 4. The summed E-state index contributed by atoms with van der Waals surface area (Å²) in [5, 5.41) is 17.8. The van der Waals surface area contributed by atoms with Crippen LogP contribution in [0.15, 0.2) is 63.6 Å². The Balaban J connectivity index is 1.24. The van der Waals surface area contributed by atoms with Crippen LogP contribution in [0.3, 0.4) is 0 Å². The number of ketones is 1. The molecule has 4 aromatic rings. The van der Waals surface area contributed by atoms with Crippen LogP contribution in [0.1, 0.15) is 36.5 Å². The van der Waals surface area contributed by atoms with Crippen LogP contribution < -0.4 is 0 Å². The van der Waals surface area contributed by atoms with Crippen LogP contribution in [0.4, 0.5) is 13.2 Å². The lowest BCUT2D eigenvalue weighted by molar-refractivity contribution is -0.143. The number of likely N-dealkylation sites (tertiary alicyclic amines) is 1. The van der Waals surface area contributed by atoms with Gasteiger partial charge in [0, 0.05) is 44.2 Å². The van der Waals surface area contributed by atoms with E-state index in [4.69, 9.17) is 13.8 Å². The number of benzene rings is 2. The molecule has 2 aromatic carbocycles. The summed E-state index contributed by atoms with van der Waals surface area (Å²) in [6.07, 6.45) is -5.64. The minimum Gasteiger partial charge on any atom is -0.381 e. The highest BCUT2D eigenvalue weighted by Gasteiger charge is 2.43. The van der Waals surface area contributed by atoms with Crippen molar-refractivity contribution < 1.29 is 41.6 Å². The normalized spacial score (nSPS) is 14.6. The fraction of sp³-hybridized carbons (Fsp3) is 0.321. The molecule has 1 saturated heterocycles. The lowest BCUT2D eigenvalue weighted by atomic mass is 10.00. The number of ether oxygens (including phenoxy) is 1. The maximum Gasteiger partial charge on any atom is 0.422 e. The Morgan fingerprint density at radius 1 is 1.02 bits per heavy atom. The quantitative estimate of drug-likeness (QED) is 0.288. The number of aliphatic hydroxyl groups excluding tert-OH is 1. The highest BCUT2D eigenvalue weighted by Crippen LogP contribution is 2.43. The Hall–Kier alpha value is -4.36. The van der Waals surface area contributed by atoms with Crippen LogP contribution in [0.25, 0.3) is 34.3 Å². The van der Waals surface area contributed by atoms with Gasteiger partial charge in [0.2, 0.25) is 17.5 Å². The first-order valence-corrected chi connectivity index (χ1v) is 12.7. The number of alkyl halides is 3. The van der Waals surface area contributed by atoms with E-state index in [1.807, 2.05) is 0 Å². The van der Waals surface area contributed by atoms with Gasteiger partial charge in [-0.3, -0.25) is 9.59 Å². The lowest BCUT2D eigenvalue weighted by Gasteiger charge is -2.38. The topological polar surface area (TPSA) is 132 Å². The van der Waals surface area contributed by atoms with Gasteiger partial charge in [0.1, 0.15) is 17.4 Å². The smallest absolute Gasteiger partial charge is 0.381 e. The molecule has 3 heterocycles. The third kappa shape index (κ3) is 6.05. The SMILES string of the molecule is COC1CN(C(=O)CCCC(=O)C(O)c2ccc(-c3noc(-c4onc(-c5ccccc5)c4C(F)(F)F)n3)cc2)C1. The Bertz CT molecular complexity index is 1510. The summed E-state index contributed by atoms with van der Waals surface area (Å²) in [7, 11) is 1.59. The Labute approximate surface area is 231 Å². The minimum absolute atomic E-state index is 0.0219. The van der Waals surface area contributed by atoms with Crippen LogP contribution in [0.5, 0.6) is 0 Å². The zero-order valence-corrected chi connectivity index (χ0v) is 21.8. The van der Waals surface area contributed by atoms with Gasteiger partial charge in [0.15, 0.2) is 5.78 Å². The number of carbonyl (C=O) groups excluding carboxylic acids is 2. The molecule has 1 unspecified atom stereocenters. The number of hydrogen-bond donors (Lipinski definition) is 1. The number of Topliss-reactive ketones (excluding diaryl/α,β-unsaturated/α-hetero) is 1. The van der Waals surface area contributed by atoms with Gasteiger partial charge < -0.3 is 23.8 Å². The molecule has 0 spiro atoms. The van der Waals surface area contributed by atoms with Crippen molar-refractivity contribution in [1.82, 2.24) is 20.2 Å². The Kier molecular flexibility index (Phi) is 7.99. The van der Waals surface area contributed by atoms with Crippen LogP contribution in [-0.4, -0.2) is 63.3 Å². The van der Waals surface area contributed by atoms with E-state index in [0.29, 0.717) is 30.6 Å². The van der Waals surface area contributed by atoms with Crippen molar-refractivity contribution in [3.63, 3.8) is 0 Å². The van der Waals surface area contributed by atoms with Crippen LogP contribution in [0, 0.1) is 0 Å². The molecule has 214 valence electrons. The number of amides is 1. The second kappa shape index (κ2) is 11.6. The van der Waals surface area contributed by atoms with E-state index in [9.17, 15) is 27.9 Å². The van der Waals surface area contributed by atoms with E-state index in [-0.39, 0.29) is 36.2 Å². The molecular weight excluding hydrogens is 545 g/mol. The zero-order valence-electron chi connectivity index (χ0n) is 21.8. The van der Waals surface area contributed by atoms with E-state index >= 15 is 0 Å². The van der Waals surface area contributed by atoms with E-state index in [1.165, 1.54) is 36.4 Å². The second-order valence-electron chi connectivity index (χ2n) is 9.52. The molecule has 1 aliphatic rings. The molecule has 1 aliphatic heterocycles. The van der Waals surface area contributed by atoms with Crippen molar-refractivity contribution >= 4 is 11.7 Å². The monoisotopic (exact) mass is 570 g/mol. The molecule has 41 heavy (non-hydrogen) atoms. The van der Waals surface area contributed by atoms with Gasteiger partial charge in [-0.15, -0.1) is 0 Å². The van der Waals surface area contributed by atoms with Crippen molar-refractivity contribution in [2.45, 2.75) is 37.6 Å². The molecule has 0 aliphatic carbocycles. The molecular formula is C28H25F3N4O6. The maximum atomic E-state index is 14.0. The standard InChI is InChI=1S/C28H25F3N4O6/c1-39-19-14-35(15-19)21(37)9-5-8-20(36)24(38)17-10-12-18(13-11-17)26-32-27(41-34-26)25-22(28(29,30)31)23(33-40-25)16-6-3-2-4-7-16/h2-4,6-7,10-13,19,24,38H,5,8-9,14-15H2,1H3. The molecule has 1 amide bonds. The summed E-state index contributed by atoms with van der Waals surface area (Å²) >= 11 is 0. The third-order valence-electron chi connectivity index (χ3n) is 6.78. The zero-order chi connectivity index (χ0) is 29.1. The van der Waals surface area contributed by atoms with E-state index < -0.39 is 41.0 Å². The molecule has 13 heteroatoms. The number of rotatable bonds is 10. The molecule has 5 rings (SSSR count). The largest absolute Gasteiger partial charge is 0.422 e. The van der Waals surface area contributed by atoms with E-state index in [0.717, 1.165) is 0 Å². The molecule has 0 saturated carbocycles. The molecule has 1 atom stereocenters. The van der Waals surface area contributed by atoms with Crippen LogP contribution in [-0.2, 0) is 20.5 Å². The fourth-order valence-corrected chi connectivity index (χ4v) is 4.43. The minimum atomic E-state index is -4.81. The number of carbonyl (C=O) groups is 2. The Morgan fingerprint density at radius 2 is 1.73 bits per heavy atom. The van der Waals surface area contributed by atoms with Crippen molar-refractivity contribution in [3.05, 3.63) is 65.7 Å². The fourth-order valence-electron chi connectivity index (χ4n) is 4.43. The first-order valence-electron chi connectivity index (χ1n) is 12.7. The number of methoxy groups -OCH3 is 1. The molecule has 2 aromatic heterocycles. The summed E-state index contributed by atoms with van der Waals surface area (Å²) in [5.74, 6) is -1.75. The molecule has 1 N–H and O–H groups in total. The van der Waals surface area contributed by atoms with Gasteiger partial charge in [0.05, 0.1) is 6.10 Å². The molecule has 0 radical (unpaired) electrons. The third-order valence-corrected chi connectivity index (χ3v) is 6.78. The van der Waals surface area contributed by atoms with E-state index in [1.54, 1.807) is 30.2 Å². The molecule has 1 fully saturated rings. The average molecular weight is 571 g/mol. The second-order valence-corrected chi connectivity index (χ2v) is 9.52. The van der Waals surface area contributed by atoms with Crippen molar-refractivity contribution in [2.75, 3.05) is 20.2 Å². The highest BCUT2D eigenvalue weighted by atomic mass is 19.4. The predicted molar refractivity (Wildman–Crippen MR) is 137 cm³/mol. The van der Waals surface area contributed by atoms with E-state index in [2.05, 4.69) is 15.3 Å². The van der Waals surface area contributed by atoms with Gasteiger partial charge in [-0.25, -0.2) is 0 Å². The maximum absolute atomic E-state index is 14.0. The van der Waals surface area contributed by atoms with Gasteiger partial charge in [0.25, 0.3) is 5.89 Å². The van der Waals surface area contributed by atoms with Gasteiger partial charge in [-0.05, 0) is 12.0 Å². The average Bonchev–Trinajstić information content (AvgIpc) is 3.60. The lowest BCUT2D eigenvalue weighted by Crippen LogP contribution is -2.54. The number of aromatic nitrogens is 3. The highest BCUT2D eigenvalue weighted by molar-refractivity contribution is 5.85. The number of aliphatic hydroxyl groups is 1. The predicted octanol–water partition coefficient (Wildman–Crippen LogP) is 4.71. The summed E-state index contributed by atoms with van der Waals surface area (Å²) in [5.41, 5.74) is -0.654. The summed E-state index contributed by atoms with van der Waals surface area (Å²) in [6, 6.07) is 13.7. The summed E-state index contributed by atoms with van der Waals surface area (Å²) < 4.78 is 57.1. The van der Waals surface area contributed by atoms with Gasteiger partial charge >= 0.3 is 6.18 Å². The van der Waals surface area contributed by atoms with Crippen molar-refractivity contribution in [3.8, 4) is 34.3 Å². The van der Waals surface area contributed by atoms with Gasteiger partial charge in [-0.2, -0.15) is 18.2 Å².